The van der Waals surface area contributed by atoms with Crippen molar-refractivity contribution >= 4 is 18.1 Å². The topological polar surface area (TPSA) is 9.23 Å². The fourth-order valence-electron chi connectivity index (χ4n) is 0.956. The van der Waals surface area contributed by atoms with Gasteiger partial charge in [-0.3, -0.25) is 0 Å². The summed E-state index contributed by atoms with van der Waals surface area (Å²) in [7, 11) is 6.68. The average molecular weight is 126 g/mol. The van der Waals surface area contributed by atoms with Crippen molar-refractivity contribution in [3.63, 3.8) is 0 Å². The SMILES string of the molecule is [B]C1([SiH3])CCCCO1. The molecule has 1 fully saturated rings. The molecule has 8 heavy (non-hydrogen) atoms. The molecule has 0 aliphatic carbocycles. The van der Waals surface area contributed by atoms with Gasteiger partial charge in [-0.15, -0.1) is 0 Å². The quantitative estimate of drug-likeness (QED) is 0.393. The fourth-order valence-corrected chi connectivity index (χ4v) is 1.51. The molecule has 1 aliphatic heterocycles. The van der Waals surface area contributed by atoms with Crippen molar-refractivity contribution in [3.8, 4) is 0 Å². The number of rotatable bonds is 0. The number of hydrogen-bond acceptors (Lipinski definition) is 1. The molecule has 1 aliphatic rings. The summed E-state index contributed by atoms with van der Waals surface area (Å²) in [5.74, 6) is 0. The lowest BCUT2D eigenvalue weighted by molar-refractivity contribution is 0.0383. The summed E-state index contributed by atoms with van der Waals surface area (Å²) in [5, 5.41) is -0.182. The third kappa shape index (κ3) is 1.64. The second-order valence-electron chi connectivity index (χ2n) is 2.62. The Morgan fingerprint density at radius 3 is 2.50 bits per heavy atom. The first kappa shape index (κ1) is 6.36. The minimum absolute atomic E-state index is 0.182. The maximum Gasteiger partial charge on any atom is 0.107 e. The zero-order chi connectivity index (χ0) is 6.04. The van der Waals surface area contributed by atoms with Gasteiger partial charge in [0, 0.05) is 22.0 Å². The van der Waals surface area contributed by atoms with E-state index in [2.05, 4.69) is 0 Å². The van der Waals surface area contributed by atoms with Crippen molar-refractivity contribution in [1.82, 2.24) is 0 Å². The Bertz CT molecular complexity index is 76.5. The van der Waals surface area contributed by atoms with Crippen LogP contribution in [0.1, 0.15) is 19.3 Å². The van der Waals surface area contributed by atoms with E-state index < -0.39 is 0 Å². The first-order valence-electron chi connectivity index (χ1n) is 3.14. The summed E-state index contributed by atoms with van der Waals surface area (Å²) in [6.45, 7) is 0.875. The smallest absolute Gasteiger partial charge is 0.107 e. The van der Waals surface area contributed by atoms with Gasteiger partial charge >= 0.3 is 0 Å². The van der Waals surface area contributed by atoms with Crippen LogP contribution in [-0.4, -0.2) is 29.8 Å². The molecular weight excluding hydrogens is 115 g/mol. The maximum absolute atomic E-state index is 5.72. The average Bonchev–Trinajstić information content (AvgIpc) is 1.65. The Balaban J connectivity index is 2.33. The van der Waals surface area contributed by atoms with E-state index in [1.54, 1.807) is 0 Å². The molecule has 0 aromatic rings. The van der Waals surface area contributed by atoms with Crippen molar-refractivity contribution in [3.05, 3.63) is 0 Å². The molecule has 0 bridgehead atoms. The van der Waals surface area contributed by atoms with Gasteiger partial charge in [0.1, 0.15) is 7.85 Å². The molecule has 2 radical (unpaired) electrons. The monoisotopic (exact) mass is 126 g/mol. The van der Waals surface area contributed by atoms with E-state index in [4.69, 9.17) is 12.6 Å². The summed E-state index contributed by atoms with van der Waals surface area (Å²) in [4.78, 5) is 0. The minimum Gasteiger partial charge on any atom is -0.389 e. The van der Waals surface area contributed by atoms with Gasteiger partial charge < -0.3 is 4.74 Å². The van der Waals surface area contributed by atoms with Gasteiger partial charge in [0.2, 0.25) is 0 Å². The van der Waals surface area contributed by atoms with Crippen LogP contribution in [-0.2, 0) is 4.74 Å². The molecule has 1 unspecified atom stereocenters. The van der Waals surface area contributed by atoms with Gasteiger partial charge in [0.25, 0.3) is 0 Å². The second-order valence-corrected chi connectivity index (χ2v) is 4.31. The van der Waals surface area contributed by atoms with Crippen LogP contribution < -0.4 is 0 Å². The lowest BCUT2D eigenvalue weighted by Crippen LogP contribution is -2.36. The van der Waals surface area contributed by atoms with E-state index in [-0.39, 0.29) is 5.12 Å². The van der Waals surface area contributed by atoms with Gasteiger partial charge in [-0.05, 0) is 19.3 Å². The van der Waals surface area contributed by atoms with Crippen molar-refractivity contribution in [1.29, 1.82) is 0 Å². The molecular formula is C5H11BOSi. The third-order valence-corrected chi connectivity index (χ3v) is 2.29. The molecule has 0 aromatic heterocycles. The molecule has 1 heterocycles. The highest BCUT2D eigenvalue weighted by molar-refractivity contribution is 6.39. The molecule has 1 saturated heterocycles. The van der Waals surface area contributed by atoms with Crippen LogP contribution >= 0.6 is 0 Å². The van der Waals surface area contributed by atoms with E-state index in [1.165, 1.54) is 12.8 Å². The van der Waals surface area contributed by atoms with Crippen molar-refractivity contribution < 1.29 is 4.74 Å². The van der Waals surface area contributed by atoms with E-state index >= 15 is 0 Å². The van der Waals surface area contributed by atoms with Gasteiger partial charge in [0.15, 0.2) is 0 Å². The first-order valence-corrected chi connectivity index (χ1v) is 4.14. The van der Waals surface area contributed by atoms with E-state index in [0.29, 0.717) is 0 Å². The summed E-state index contributed by atoms with van der Waals surface area (Å²) < 4.78 is 5.30. The zero-order valence-corrected chi connectivity index (χ0v) is 7.31. The molecule has 0 saturated carbocycles. The third-order valence-electron chi connectivity index (χ3n) is 1.50. The summed E-state index contributed by atoms with van der Waals surface area (Å²) >= 11 is 0. The molecule has 0 aromatic carbocycles. The maximum atomic E-state index is 5.72. The second kappa shape index (κ2) is 2.23. The van der Waals surface area contributed by atoms with E-state index in [0.717, 1.165) is 23.3 Å². The number of ether oxygens (including phenoxy) is 1. The lowest BCUT2D eigenvalue weighted by Gasteiger charge is -2.30. The normalized spacial score (nSPS) is 40.0. The highest BCUT2D eigenvalue weighted by atomic mass is 28.1. The Morgan fingerprint density at radius 1 is 1.50 bits per heavy atom. The Morgan fingerprint density at radius 2 is 2.25 bits per heavy atom. The molecule has 1 rings (SSSR count). The Kier molecular flexibility index (Phi) is 1.78. The van der Waals surface area contributed by atoms with Crippen LogP contribution in [0.3, 0.4) is 0 Å². The largest absolute Gasteiger partial charge is 0.389 e. The molecule has 44 valence electrons. The van der Waals surface area contributed by atoms with E-state index in [1.807, 2.05) is 0 Å². The van der Waals surface area contributed by atoms with Crippen molar-refractivity contribution in [2.75, 3.05) is 6.61 Å². The summed E-state index contributed by atoms with van der Waals surface area (Å²) in [6.07, 6.45) is 3.51. The summed E-state index contributed by atoms with van der Waals surface area (Å²) in [6, 6.07) is 0. The summed E-state index contributed by atoms with van der Waals surface area (Å²) in [5.41, 5.74) is 0. The lowest BCUT2D eigenvalue weighted by atomic mass is 9.91. The standard InChI is InChI=1S/C5H11BOSi/c6-5(8)3-1-2-4-7-5/h1-4H2,8H3. The Hall–Kier alpha value is 0.242. The molecule has 1 nitrogen and oxygen atoms in total. The molecule has 1 atom stereocenters. The highest BCUT2D eigenvalue weighted by Crippen LogP contribution is 2.17. The van der Waals surface area contributed by atoms with Crippen LogP contribution in [0, 0.1) is 0 Å². The Labute approximate surface area is 54.6 Å². The van der Waals surface area contributed by atoms with Crippen molar-refractivity contribution in [2.45, 2.75) is 24.4 Å². The van der Waals surface area contributed by atoms with Crippen LogP contribution in [0.25, 0.3) is 0 Å². The predicted octanol–water partition coefficient (Wildman–Crippen LogP) is -0.625. The van der Waals surface area contributed by atoms with E-state index in [9.17, 15) is 0 Å². The number of hydrogen-bond donors (Lipinski definition) is 0. The van der Waals surface area contributed by atoms with Crippen LogP contribution in [0.2, 0.25) is 0 Å². The van der Waals surface area contributed by atoms with Crippen molar-refractivity contribution in [2.24, 2.45) is 0 Å². The minimum atomic E-state index is -0.182. The van der Waals surface area contributed by atoms with Gasteiger partial charge in [-0.2, -0.15) is 0 Å². The van der Waals surface area contributed by atoms with Gasteiger partial charge in [-0.25, -0.2) is 0 Å². The highest BCUT2D eigenvalue weighted by Gasteiger charge is 2.20. The van der Waals surface area contributed by atoms with Crippen LogP contribution in [0.5, 0.6) is 0 Å². The van der Waals surface area contributed by atoms with Gasteiger partial charge in [-0.1, -0.05) is 0 Å². The molecule has 0 spiro atoms. The zero-order valence-electron chi connectivity index (χ0n) is 5.31. The fraction of sp³-hybridized carbons (Fsp3) is 1.00. The molecule has 3 heteroatoms. The van der Waals surface area contributed by atoms with Gasteiger partial charge in [0.05, 0.1) is 0 Å². The molecule has 0 amide bonds. The molecule has 0 N–H and O–H groups in total. The van der Waals surface area contributed by atoms with Crippen LogP contribution in [0.4, 0.5) is 0 Å². The first-order chi connectivity index (χ1) is 3.71. The van der Waals surface area contributed by atoms with Crippen LogP contribution in [0.15, 0.2) is 0 Å². The predicted molar refractivity (Wildman–Crippen MR) is 38.2 cm³/mol.